The molecule has 0 unspecified atom stereocenters. The van der Waals surface area contributed by atoms with Gasteiger partial charge in [0.25, 0.3) is 5.56 Å². The van der Waals surface area contributed by atoms with E-state index in [0.717, 1.165) is 25.2 Å². The second-order valence-corrected chi connectivity index (χ2v) is 7.87. The van der Waals surface area contributed by atoms with Gasteiger partial charge in [0, 0.05) is 50.5 Å². The van der Waals surface area contributed by atoms with Crippen LogP contribution in [-0.2, 0) is 6.54 Å². The summed E-state index contributed by atoms with van der Waals surface area (Å²) >= 11 is 0. The van der Waals surface area contributed by atoms with Crippen molar-refractivity contribution in [1.82, 2.24) is 19.4 Å². The molecule has 2 aliphatic rings. The number of aryl methyl sites for hydroxylation is 1. The molecule has 2 saturated heterocycles. The van der Waals surface area contributed by atoms with Crippen molar-refractivity contribution in [1.29, 1.82) is 0 Å². The van der Waals surface area contributed by atoms with E-state index in [1.807, 2.05) is 6.07 Å². The van der Waals surface area contributed by atoms with Gasteiger partial charge in [-0.05, 0) is 43.5 Å². The summed E-state index contributed by atoms with van der Waals surface area (Å²) in [5, 5.41) is 0. The van der Waals surface area contributed by atoms with Gasteiger partial charge in [-0.3, -0.25) is 14.3 Å². The molecule has 4 rings (SSSR count). The molecule has 2 aromatic rings. The van der Waals surface area contributed by atoms with Crippen molar-refractivity contribution < 1.29 is 4.39 Å². The van der Waals surface area contributed by atoms with Gasteiger partial charge in [-0.2, -0.15) is 0 Å². The largest absolute Gasteiger partial charge is 0.328 e. The molecule has 7 heteroatoms. The van der Waals surface area contributed by atoms with Crippen molar-refractivity contribution in [2.45, 2.75) is 19.5 Å². The third-order valence-electron chi connectivity index (χ3n) is 5.96. The Bertz CT molecular complexity index is 922. The first-order valence-electron chi connectivity index (χ1n) is 9.41. The molecule has 3 heterocycles. The van der Waals surface area contributed by atoms with Gasteiger partial charge in [0.05, 0.1) is 0 Å². The Balaban J connectivity index is 1.46. The summed E-state index contributed by atoms with van der Waals surface area (Å²) in [5.41, 5.74) is 1.00. The summed E-state index contributed by atoms with van der Waals surface area (Å²) in [5.74, 6) is 0.762. The van der Waals surface area contributed by atoms with E-state index in [2.05, 4.69) is 21.8 Å². The fourth-order valence-electron chi connectivity index (χ4n) is 4.81. The smallest absolute Gasteiger partial charge is 0.311 e. The van der Waals surface area contributed by atoms with E-state index in [0.29, 0.717) is 30.6 Å². The third-order valence-corrected chi connectivity index (χ3v) is 5.96. The van der Waals surface area contributed by atoms with Crippen LogP contribution in [-0.4, -0.2) is 52.6 Å². The zero-order valence-corrected chi connectivity index (χ0v) is 15.7. The average Bonchev–Trinajstić information content (AvgIpc) is 3.09. The molecule has 0 amide bonds. The first-order valence-corrected chi connectivity index (χ1v) is 9.41. The van der Waals surface area contributed by atoms with Gasteiger partial charge >= 0.3 is 5.69 Å². The summed E-state index contributed by atoms with van der Waals surface area (Å²) in [6.45, 7) is 5.58. The van der Waals surface area contributed by atoms with E-state index in [-0.39, 0.29) is 23.1 Å². The molecule has 144 valence electrons. The number of nitrogens with one attached hydrogen (secondary N) is 1. The lowest BCUT2D eigenvalue weighted by atomic mass is 9.89. The number of hydrogen-bond donors (Lipinski definition) is 1. The Morgan fingerprint density at radius 3 is 2.70 bits per heavy atom. The number of nitrogens with zero attached hydrogens (tertiary/aromatic N) is 3. The normalized spacial score (nSPS) is 25.8. The SMILES string of the molecule is Cc1cc(=O)n(CCN2C[C@@H]3CN(C)[C@@H](c4cccc(F)c4)[C@@H]3C2)c(=O)[nH]1. The topological polar surface area (TPSA) is 61.3 Å². The monoisotopic (exact) mass is 372 g/mol. The maximum Gasteiger partial charge on any atom is 0.328 e. The maximum atomic E-state index is 13.7. The summed E-state index contributed by atoms with van der Waals surface area (Å²) in [7, 11) is 2.10. The zero-order chi connectivity index (χ0) is 19.1. The van der Waals surface area contributed by atoms with Crippen LogP contribution in [0.25, 0.3) is 0 Å². The van der Waals surface area contributed by atoms with Gasteiger partial charge < -0.3 is 9.88 Å². The number of H-pyrrole nitrogens is 1. The van der Waals surface area contributed by atoms with Crippen LogP contribution in [0.1, 0.15) is 17.3 Å². The van der Waals surface area contributed by atoms with Crippen LogP contribution in [0.2, 0.25) is 0 Å². The summed E-state index contributed by atoms with van der Waals surface area (Å²) in [6.07, 6.45) is 0. The predicted octanol–water partition coefficient (Wildman–Crippen LogP) is 1.22. The number of hydrogen-bond acceptors (Lipinski definition) is 4. The number of benzene rings is 1. The third kappa shape index (κ3) is 3.49. The van der Waals surface area contributed by atoms with Gasteiger partial charge in [0.1, 0.15) is 5.82 Å². The minimum Gasteiger partial charge on any atom is -0.311 e. The highest BCUT2D eigenvalue weighted by Crippen LogP contribution is 2.43. The van der Waals surface area contributed by atoms with Crippen LogP contribution >= 0.6 is 0 Å². The summed E-state index contributed by atoms with van der Waals surface area (Å²) < 4.78 is 14.9. The van der Waals surface area contributed by atoms with Crippen molar-refractivity contribution in [3.05, 3.63) is 68.2 Å². The molecule has 0 bridgehead atoms. The number of fused-ring (bicyclic) bond motifs is 1. The number of aromatic amines is 1. The van der Waals surface area contributed by atoms with E-state index in [1.165, 1.54) is 16.7 Å². The van der Waals surface area contributed by atoms with Crippen molar-refractivity contribution in [3.63, 3.8) is 0 Å². The van der Waals surface area contributed by atoms with Crippen LogP contribution in [0, 0.1) is 24.6 Å². The van der Waals surface area contributed by atoms with E-state index in [1.54, 1.807) is 19.1 Å². The van der Waals surface area contributed by atoms with E-state index in [4.69, 9.17) is 0 Å². The first-order chi connectivity index (χ1) is 12.9. The van der Waals surface area contributed by atoms with Gasteiger partial charge in [0.15, 0.2) is 0 Å². The lowest BCUT2D eigenvalue weighted by molar-refractivity contribution is 0.223. The average molecular weight is 372 g/mol. The van der Waals surface area contributed by atoms with Gasteiger partial charge in [0.2, 0.25) is 0 Å². The molecule has 27 heavy (non-hydrogen) atoms. The minimum atomic E-state index is -0.350. The van der Waals surface area contributed by atoms with Gasteiger partial charge in [-0.1, -0.05) is 12.1 Å². The highest BCUT2D eigenvalue weighted by Gasteiger charge is 2.45. The van der Waals surface area contributed by atoms with Crippen LogP contribution in [0.3, 0.4) is 0 Å². The lowest BCUT2D eigenvalue weighted by Crippen LogP contribution is -2.39. The molecule has 0 radical (unpaired) electrons. The molecule has 0 aliphatic carbocycles. The van der Waals surface area contributed by atoms with Gasteiger partial charge in [-0.15, -0.1) is 0 Å². The lowest BCUT2D eigenvalue weighted by Gasteiger charge is -2.27. The minimum absolute atomic E-state index is 0.197. The summed E-state index contributed by atoms with van der Waals surface area (Å²) in [4.78, 5) is 31.4. The fraction of sp³-hybridized carbons (Fsp3) is 0.500. The Morgan fingerprint density at radius 1 is 1.15 bits per heavy atom. The Labute approximate surface area is 157 Å². The Hall–Kier alpha value is -2.25. The van der Waals surface area contributed by atoms with E-state index in [9.17, 15) is 14.0 Å². The second kappa shape index (κ2) is 7.05. The molecule has 2 aliphatic heterocycles. The van der Waals surface area contributed by atoms with Crippen LogP contribution < -0.4 is 11.2 Å². The Kier molecular flexibility index (Phi) is 4.74. The van der Waals surface area contributed by atoms with Crippen molar-refractivity contribution in [2.24, 2.45) is 11.8 Å². The zero-order valence-electron chi connectivity index (χ0n) is 15.7. The standard InChI is InChI=1S/C20H25FN4O2/c1-13-8-18(26)25(20(27)22-13)7-6-24-11-15-10-23(2)19(17(15)12-24)14-4-3-5-16(21)9-14/h3-5,8-9,15,17,19H,6-7,10-12H2,1-2H3,(H,22,27)/t15-,17+,19-/m0/s1. The maximum absolute atomic E-state index is 13.7. The van der Waals surface area contributed by atoms with Crippen molar-refractivity contribution >= 4 is 0 Å². The molecule has 1 aromatic heterocycles. The van der Waals surface area contributed by atoms with E-state index >= 15 is 0 Å². The van der Waals surface area contributed by atoms with Crippen LogP contribution in [0.15, 0.2) is 39.9 Å². The molecular formula is C20H25FN4O2. The molecule has 1 aromatic carbocycles. The van der Waals surface area contributed by atoms with Crippen LogP contribution in [0.5, 0.6) is 0 Å². The first kappa shape index (κ1) is 18.1. The number of likely N-dealkylation sites (tertiary alicyclic amines) is 2. The fourth-order valence-corrected chi connectivity index (χ4v) is 4.81. The molecule has 3 atom stereocenters. The molecule has 1 N–H and O–H groups in total. The van der Waals surface area contributed by atoms with Gasteiger partial charge in [-0.25, -0.2) is 9.18 Å². The molecule has 2 fully saturated rings. The number of rotatable bonds is 4. The molecule has 6 nitrogen and oxygen atoms in total. The Morgan fingerprint density at radius 2 is 1.96 bits per heavy atom. The van der Waals surface area contributed by atoms with Crippen molar-refractivity contribution in [3.8, 4) is 0 Å². The highest BCUT2D eigenvalue weighted by molar-refractivity contribution is 5.23. The second-order valence-electron chi connectivity index (χ2n) is 7.87. The summed E-state index contributed by atoms with van der Waals surface area (Å²) in [6, 6.07) is 8.55. The predicted molar refractivity (Wildman–Crippen MR) is 101 cm³/mol. The molecular weight excluding hydrogens is 347 g/mol. The number of aromatic nitrogens is 2. The molecule has 0 saturated carbocycles. The highest BCUT2D eigenvalue weighted by atomic mass is 19.1. The molecule has 0 spiro atoms. The van der Waals surface area contributed by atoms with Crippen molar-refractivity contribution in [2.75, 3.05) is 33.2 Å². The quantitative estimate of drug-likeness (QED) is 0.877. The van der Waals surface area contributed by atoms with Crippen LogP contribution in [0.4, 0.5) is 4.39 Å². The van der Waals surface area contributed by atoms with E-state index < -0.39 is 0 Å². The number of halogens is 1.